The number of hydrogen-bond donors (Lipinski definition) is 2. The molecule has 0 bridgehead atoms. The van der Waals surface area contributed by atoms with E-state index in [1.54, 1.807) is 24.5 Å². The lowest BCUT2D eigenvalue weighted by molar-refractivity contribution is 0.0550. The minimum atomic E-state index is -0.375. The van der Waals surface area contributed by atoms with Crippen molar-refractivity contribution in [1.82, 2.24) is 20.7 Å². The summed E-state index contributed by atoms with van der Waals surface area (Å²) in [6.07, 6.45) is 6.64. The van der Waals surface area contributed by atoms with Gasteiger partial charge >= 0.3 is 0 Å². The Morgan fingerprint density at radius 1 is 1.19 bits per heavy atom. The standard InChI is InChI=1S/C20H23FN4O/c21-16-5-3-4-15(12-16)20(26)25-11-2-1-6-18(25)19-17(13-23-24-19)14-7-9-22-10-8-14/h3-5,7-10,12,17-19,23-24H,1-2,6,11,13H2. The number of hydrogen-bond acceptors (Lipinski definition) is 4. The first kappa shape index (κ1) is 17.1. The van der Waals surface area contributed by atoms with E-state index in [0.717, 1.165) is 25.8 Å². The van der Waals surface area contributed by atoms with Crippen LogP contribution in [-0.4, -0.2) is 41.0 Å². The first-order valence-corrected chi connectivity index (χ1v) is 9.19. The molecule has 5 nitrogen and oxygen atoms in total. The van der Waals surface area contributed by atoms with E-state index in [-0.39, 0.29) is 29.7 Å². The van der Waals surface area contributed by atoms with Crippen LogP contribution in [0.15, 0.2) is 48.8 Å². The van der Waals surface area contributed by atoms with Gasteiger partial charge in [0.1, 0.15) is 5.82 Å². The fourth-order valence-corrected chi connectivity index (χ4v) is 4.18. The van der Waals surface area contributed by atoms with Crippen LogP contribution in [0.2, 0.25) is 0 Å². The summed E-state index contributed by atoms with van der Waals surface area (Å²) in [6.45, 7) is 1.52. The van der Waals surface area contributed by atoms with Crippen LogP contribution in [0.4, 0.5) is 4.39 Å². The maximum absolute atomic E-state index is 13.6. The maximum Gasteiger partial charge on any atom is 0.254 e. The second kappa shape index (κ2) is 7.51. The van der Waals surface area contributed by atoms with E-state index in [2.05, 4.69) is 15.8 Å². The van der Waals surface area contributed by atoms with Crippen molar-refractivity contribution in [2.24, 2.45) is 0 Å². The van der Waals surface area contributed by atoms with Gasteiger partial charge in [0.15, 0.2) is 0 Å². The third-order valence-corrected chi connectivity index (χ3v) is 5.45. The van der Waals surface area contributed by atoms with E-state index in [0.29, 0.717) is 12.1 Å². The van der Waals surface area contributed by atoms with Crippen molar-refractivity contribution in [3.8, 4) is 0 Å². The molecule has 0 radical (unpaired) electrons. The fourth-order valence-electron chi connectivity index (χ4n) is 4.18. The summed E-state index contributed by atoms with van der Waals surface area (Å²) in [5.74, 6) is -0.194. The van der Waals surface area contributed by atoms with Gasteiger partial charge < -0.3 is 4.90 Å². The number of amides is 1. The topological polar surface area (TPSA) is 57.3 Å². The summed E-state index contributed by atoms with van der Waals surface area (Å²) < 4.78 is 13.6. The molecule has 2 N–H and O–H groups in total. The van der Waals surface area contributed by atoms with E-state index in [9.17, 15) is 9.18 Å². The molecule has 3 unspecified atom stereocenters. The summed E-state index contributed by atoms with van der Waals surface area (Å²) in [7, 11) is 0. The average molecular weight is 354 g/mol. The number of pyridine rings is 1. The third-order valence-electron chi connectivity index (χ3n) is 5.45. The van der Waals surface area contributed by atoms with Crippen LogP contribution in [0.1, 0.15) is 41.1 Å². The van der Waals surface area contributed by atoms with Crippen LogP contribution in [-0.2, 0) is 0 Å². The Hall–Kier alpha value is -2.31. The molecule has 2 aliphatic heterocycles. The number of nitrogens with one attached hydrogen (secondary N) is 2. The molecule has 136 valence electrons. The molecule has 2 aromatic rings. The zero-order chi connectivity index (χ0) is 17.9. The van der Waals surface area contributed by atoms with Gasteiger partial charge in [0.25, 0.3) is 5.91 Å². The SMILES string of the molecule is O=C(c1cccc(F)c1)N1CCCCC1C1NNCC1c1ccncc1. The molecule has 3 heterocycles. The molecule has 2 fully saturated rings. The number of likely N-dealkylation sites (tertiary alicyclic amines) is 1. The normalized spacial score (nSPS) is 26.0. The highest BCUT2D eigenvalue weighted by Crippen LogP contribution is 2.31. The van der Waals surface area contributed by atoms with Gasteiger partial charge in [0, 0.05) is 49.0 Å². The lowest BCUT2D eigenvalue weighted by Crippen LogP contribution is -2.55. The van der Waals surface area contributed by atoms with Gasteiger partial charge in [-0.1, -0.05) is 6.07 Å². The zero-order valence-electron chi connectivity index (χ0n) is 14.6. The Labute approximate surface area is 152 Å². The van der Waals surface area contributed by atoms with Crippen LogP contribution in [0.3, 0.4) is 0 Å². The predicted molar refractivity (Wildman–Crippen MR) is 97.0 cm³/mol. The molecule has 1 amide bonds. The second-order valence-electron chi connectivity index (χ2n) is 7.01. The molecular weight excluding hydrogens is 331 g/mol. The lowest BCUT2D eigenvalue weighted by atomic mass is 9.84. The third kappa shape index (κ3) is 3.34. The van der Waals surface area contributed by atoms with Crippen LogP contribution in [0.25, 0.3) is 0 Å². The molecule has 0 spiro atoms. The van der Waals surface area contributed by atoms with Crippen molar-refractivity contribution < 1.29 is 9.18 Å². The highest BCUT2D eigenvalue weighted by Gasteiger charge is 2.40. The van der Waals surface area contributed by atoms with E-state index in [1.807, 2.05) is 17.0 Å². The summed E-state index contributed by atoms with van der Waals surface area (Å²) in [5, 5.41) is 0. The van der Waals surface area contributed by atoms with Crippen LogP contribution in [0.5, 0.6) is 0 Å². The van der Waals surface area contributed by atoms with E-state index in [1.165, 1.54) is 17.7 Å². The van der Waals surface area contributed by atoms with Crippen molar-refractivity contribution in [3.05, 3.63) is 65.7 Å². The number of rotatable bonds is 3. The molecule has 4 rings (SSSR count). The molecule has 2 saturated heterocycles. The van der Waals surface area contributed by atoms with Crippen LogP contribution >= 0.6 is 0 Å². The Kier molecular flexibility index (Phi) is 4.95. The number of halogens is 1. The molecule has 6 heteroatoms. The largest absolute Gasteiger partial charge is 0.334 e. The molecule has 26 heavy (non-hydrogen) atoms. The number of piperidine rings is 1. The number of carbonyl (C=O) groups is 1. The predicted octanol–water partition coefficient (Wildman–Crippen LogP) is 2.48. The summed E-state index contributed by atoms with van der Waals surface area (Å²) in [5.41, 5.74) is 8.28. The molecule has 3 atom stereocenters. The highest BCUT2D eigenvalue weighted by molar-refractivity contribution is 5.94. The number of aromatic nitrogens is 1. The fraction of sp³-hybridized carbons (Fsp3) is 0.400. The highest BCUT2D eigenvalue weighted by atomic mass is 19.1. The lowest BCUT2D eigenvalue weighted by Gasteiger charge is -2.41. The first-order valence-electron chi connectivity index (χ1n) is 9.19. The Morgan fingerprint density at radius 3 is 2.85 bits per heavy atom. The van der Waals surface area contributed by atoms with Crippen LogP contribution < -0.4 is 10.9 Å². The smallest absolute Gasteiger partial charge is 0.254 e. The van der Waals surface area contributed by atoms with Gasteiger partial charge in [-0.3, -0.25) is 20.6 Å². The van der Waals surface area contributed by atoms with Crippen molar-refractivity contribution in [2.75, 3.05) is 13.1 Å². The number of hydrazine groups is 1. The Bertz CT molecular complexity index is 769. The van der Waals surface area contributed by atoms with E-state index in [4.69, 9.17) is 0 Å². The van der Waals surface area contributed by atoms with Gasteiger partial charge in [-0.25, -0.2) is 4.39 Å². The van der Waals surface area contributed by atoms with Gasteiger partial charge in [-0.05, 0) is 55.2 Å². The Balaban J connectivity index is 1.60. The number of benzene rings is 1. The molecule has 0 saturated carbocycles. The van der Waals surface area contributed by atoms with Crippen molar-refractivity contribution in [3.63, 3.8) is 0 Å². The van der Waals surface area contributed by atoms with Gasteiger partial charge in [-0.15, -0.1) is 0 Å². The zero-order valence-corrected chi connectivity index (χ0v) is 14.6. The summed E-state index contributed by atoms with van der Waals surface area (Å²) in [4.78, 5) is 19.1. The minimum absolute atomic E-state index is 0.0766. The van der Waals surface area contributed by atoms with Crippen LogP contribution in [0, 0.1) is 5.82 Å². The van der Waals surface area contributed by atoms with Gasteiger partial charge in [0.05, 0.1) is 0 Å². The van der Waals surface area contributed by atoms with Crippen molar-refractivity contribution in [2.45, 2.75) is 37.3 Å². The number of carbonyl (C=O) groups excluding carboxylic acids is 1. The average Bonchev–Trinajstić information content (AvgIpc) is 3.18. The second-order valence-corrected chi connectivity index (χ2v) is 7.01. The molecule has 2 aliphatic rings. The monoisotopic (exact) mass is 354 g/mol. The quantitative estimate of drug-likeness (QED) is 0.889. The number of nitrogens with zero attached hydrogens (tertiary/aromatic N) is 2. The van der Waals surface area contributed by atoms with Crippen molar-refractivity contribution in [1.29, 1.82) is 0 Å². The maximum atomic E-state index is 13.6. The van der Waals surface area contributed by atoms with Gasteiger partial charge in [-0.2, -0.15) is 0 Å². The van der Waals surface area contributed by atoms with Gasteiger partial charge in [0.2, 0.25) is 0 Å². The molecule has 0 aliphatic carbocycles. The summed E-state index contributed by atoms with van der Waals surface area (Å²) in [6, 6.07) is 10.2. The summed E-state index contributed by atoms with van der Waals surface area (Å²) >= 11 is 0. The molecule has 1 aromatic carbocycles. The first-order chi connectivity index (χ1) is 12.7. The molecular formula is C20H23FN4O. The van der Waals surface area contributed by atoms with E-state index < -0.39 is 0 Å². The van der Waals surface area contributed by atoms with E-state index >= 15 is 0 Å². The van der Waals surface area contributed by atoms with Crippen molar-refractivity contribution >= 4 is 5.91 Å². The minimum Gasteiger partial charge on any atom is -0.334 e. The Morgan fingerprint density at radius 2 is 2.04 bits per heavy atom. The molecule has 1 aromatic heterocycles.